The van der Waals surface area contributed by atoms with Crippen molar-refractivity contribution in [1.29, 1.82) is 0 Å². The number of ether oxygens (including phenoxy) is 3. The lowest BCUT2D eigenvalue weighted by Crippen LogP contribution is -2.52. The number of imide groups is 1. The molecule has 43 heavy (non-hydrogen) atoms. The van der Waals surface area contributed by atoms with Crippen molar-refractivity contribution < 1.29 is 33.7 Å². The molecule has 0 saturated carbocycles. The largest absolute Gasteiger partial charge is 0.447 e. The number of rotatable bonds is 15. The molecule has 4 unspecified atom stereocenters. The lowest BCUT2D eigenvalue weighted by molar-refractivity contribution is -0.260. The van der Waals surface area contributed by atoms with Gasteiger partial charge >= 0.3 is 6.09 Å². The number of hydrogen-bond acceptors (Lipinski definition) is 8. The quantitative estimate of drug-likeness (QED) is 0.228. The fourth-order valence-electron chi connectivity index (χ4n) is 6.60. The first-order valence-electron chi connectivity index (χ1n) is 15.7. The number of cyclic esters (lactones) is 1. The van der Waals surface area contributed by atoms with Gasteiger partial charge in [0.2, 0.25) is 5.91 Å². The van der Waals surface area contributed by atoms with Gasteiger partial charge in [0.15, 0.2) is 6.29 Å². The minimum Gasteiger partial charge on any atom is -0.447 e. The molecule has 9 heteroatoms. The van der Waals surface area contributed by atoms with Crippen molar-refractivity contribution in [2.45, 2.75) is 90.9 Å². The number of aliphatic hydroxyl groups excluding tert-OH is 1. The number of Topliss-reactive ketones (excluding diaryl/α,β-unsaturated/α-hetero) is 1. The van der Waals surface area contributed by atoms with Gasteiger partial charge in [-0.1, -0.05) is 57.2 Å². The van der Waals surface area contributed by atoms with Crippen LogP contribution in [0.25, 0.3) is 0 Å². The molecule has 0 radical (unpaired) electrons. The number of carbonyl (C=O) groups is 3. The Hall–Kier alpha value is -2.59. The van der Waals surface area contributed by atoms with Crippen molar-refractivity contribution in [2.24, 2.45) is 29.6 Å². The molecule has 0 bridgehead atoms. The fourth-order valence-corrected chi connectivity index (χ4v) is 6.60. The molecule has 1 aromatic carbocycles. The van der Waals surface area contributed by atoms with Crippen molar-refractivity contribution in [3.8, 4) is 0 Å². The molecular formula is C34H52N2O7. The molecule has 1 N–H and O–H groups in total. The van der Waals surface area contributed by atoms with Crippen LogP contribution in [0.2, 0.25) is 0 Å². The summed E-state index contributed by atoms with van der Waals surface area (Å²) < 4.78 is 18.3. The van der Waals surface area contributed by atoms with Crippen LogP contribution in [0, 0.1) is 29.6 Å². The molecule has 3 rings (SSSR count). The van der Waals surface area contributed by atoms with E-state index in [1.54, 1.807) is 13.8 Å². The number of carbonyl (C=O) groups excluding carboxylic acids is 3. The summed E-state index contributed by atoms with van der Waals surface area (Å²) in [4.78, 5) is 43.8. The summed E-state index contributed by atoms with van der Waals surface area (Å²) in [5, 5.41) is 9.86. The Bertz CT molecular complexity index is 1080. The molecular weight excluding hydrogens is 548 g/mol. The first-order chi connectivity index (χ1) is 20.4. The zero-order valence-corrected chi connectivity index (χ0v) is 27.0. The second-order valence-electron chi connectivity index (χ2n) is 12.9. The summed E-state index contributed by atoms with van der Waals surface area (Å²) >= 11 is 0. The molecule has 0 aromatic heterocycles. The lowest BCUT2D eigenvalue weighted by Gasteiger charge is -2.45. The highest BCUT2D eigenvalue weighted by atomic mass is 16.7. The number of benzene rings is 1. The van der Waals surface area contributed by atoms with E-state index in [0.717, 1.165) is 16.9 Å². The monoisotopic (exact) mass is 600 g/mol. The maximum atomic E-state index is 14.1. The smallest absolute Gasteiger partial charge is 0.417 e. The highest BCUT2D eigenvalue weighted by Gasteiger charge is 2.45. The van der Waals surface area contributed by atoms with E-state index in [1.807, 2.05) is 64.4 Å². The Morgan fingerprint density at radius 2 is 1.86 bits per heavy atom. The van der Waals surface area contributed by atoms with Gasteiger partial charge in [-0.05, 0) is 71.0 Å². The summed E-state index contributed by atoms with van der Waals surface area (Å²) in [7, 11) is 4.09. The van der Waals surface area contributed by atoms with Crippen molar-refractivity contribution in [3.05, 3.63) is 48.6 Å². The summed E-state index contributed by atoms with van der Waals surface area (Å²) in [5.74, 6) is -2.77. The van der Waals surface area contributed by atoms with Crippen LogP contribution in [0.15, 0.2) is 43.0 Å². The molecule has 1 aromatic rings. The zero-order chi connectivity index (χ0) is 31.8. The normalized spacial score (nSPS) is 27.7. The molecule has 0 spiro atoms. The third-order valence-corrected chi connectivity index (χ3v) is 9.13. The predicted molar refractivity (Wildman–Crippen MR) is 165 cm³/mol. The van der Waals surface area contributed by atoms with Crippen LogP contribution in [0.1, 0.15) is 59.4 Å². The van der Waals surface area contributed by atoms with Crippen molar-refractivity contribution in [3.63, 3.8) is 0 Å². The molecule has 240 valence electrons. The Kier molecular flexibility index (Phi) is 12.9. The van der Waals surface area contributed by atoms with Gasteiger partial charge in [-0.3, -0.25) is 9.59 Å². The van der Waals surface area contributed by atoms with Crippen LogP contribution < -0.4 is 0 Å². The average Bonchev–Trinajstić information content (AvgIpc) is 3.35. The number of ketones is 1. The highest BCUT2D eigenvalue weighted by Crippen LogP contribution is 2.35. The topological polar surface area (TPSA) is 106 Å². The summed E-state index contributed by atoms with van der Waals surface area (Å²) in [6.45, 7) is 13.5. The van der Waals surface area contributed by atoms with Crippen LogP contribution >= 0.6 is 0 Å². The highest BCUT2D eigenvalue weighted by molar-refractivity contribution is 6.07. The molecule has 10 atom stereocenters. The maximum absolute atomic E-state index is 14.1. The first-order valence-corrected chi connectivity index (χ1v) is 15.7. The summed E-state index contributed by atoms with van der Waals surface area (Å²) in [6.07, 6.45) is 2.40. The third kappa shape index (κ3) is 8.75. The third-order valence-electron chi connectivity index (χ3n) is 9.13. The fraction of sp³-hybridized carbons (Fsp3) is 0.676. The van der Waals surface area contributed by atoms with Gasteiger partial charge in [-0.2, -0.15) is 0 Å². The van der Waals surface area contributed by atoms with Gasteiger partial charge in [0.05, 0.1) is 24.2 Å². The maximum Gasteiger partial charge on any atom is 0.417 e. The van der Waals surface area contributed by atoms with E-state index < -0.39 is 42.3 Å². The van der Waals surface area contributed by atoms with Crippen molar-refractivity contribution >= 4 is 17.8 Å². The molecule has 2 saturated heterocycles. The van der Waals surface area contributed by atoms with Crippen molar-refractivity contribution in [2.75, 3.05) is 27.3 Å². The molecule has 9 nitrogen and oxygen atoms in total. The standard InChI is InChI=1S/C34H52N2O7/c1-9-13-27(16-21(2)19-37)31(43-33-23(4)29(35(7)8)17-22(3)42-33)24(5)30(38)25(6)32(39)36-28(20-41-34(36)40)18-26-14-11-10-12-15-26/h9-12,14-15,21-25,27-29,31,33,37H,1,13,16-20H2,2-8H3/t21-,22?,23?,24+,25?,27+,28-,29?,31-,33+/m1/s1. The number of hydrogen-bond donors (Lipinski definition) is 1. The van der Waals surface area contributed by atoms with Crippen molar-refractivity contribution in [1.82, 2.24) is 9.80 Å². The van der Waals surface area contributed by atoms with E-state index in [1.165, 1.54) is 0 Å². The second-order valence-corrected chi connectivity index (χ2v) is 12.9. The SMILES string of the molecule is C=CC[C@@H](C[C@@H](C)CO)[C@H](O[C@@H]1OC(C)CC(N(C)C)C1C)[C@@H](C)C(=O)C(C)C(=O)N1C(=O)OC[C@H]1Cc1ccccc1. The number of amides is 2. The van der Waals surface area contributed by atoms with E-state index in [4.69, 9.17) is 14.2 Å². The van der Waals surface area contributed by atoms with Crippen LogP contribution in [0.5, 0.6) is 0 Å². The Labute approximate surface area is 257 Å². The molecule has 2 aliphatic rings. The second kappa shape index (κ2) is 15.9. The van der Waals surface area contributed by atoms with Crippen LogP contribution in [-0.2, 0) is 30.2 Å². The van der Waals surface area contributed by atoms with Gasteiger partial charge in [0.25, 0.3) is 0 Å². The van der Waals surface area contributed by atoms with Crippen LogP contribution in [-0.4, -0.2) is 90.6 Å². The molecule has 0 aliphatic carbocycles. The van der Waals surface area contributed by atoms with Gasteiger partial charge in [0, 0.05) is 24.5 Å². The van der Waals surface area contributed by atoms with Crippen LogP contribution in [0.4, 0.5) is 4.79 Å². The van der Waals surface area contributed by atoms with Gasteiger partial charge in [-0.15, -0.1) is 6.58 Å². The summed E-state index contributed by atoms with van der Waals surface area (Å²) in [6, 6.07) is 9.34. The number of aliphatic hydroxyl groups is 1. The first kappa shape index (κ1) is 34.9. The molecule has 2 heterocycles. The lowest BCUT2D eigenvalue weighted by atomic mass is 9.79. The Morgan fingerprint density at radius 1 is 1.19 bits per heavy atom. The minimum absolute atomic E-state index is 0.00746. The number of nitrogens with zero attached hydrogens (tertiary/aromatic N) is 2. The minimum atomic E-state index is -1.08. The van der Waals surface area contributed by atoms with Gasteiger partial charge in [0.1, 0.15) is 12.4 Å². The van der Waals surface area contributed by atoms with Gasteiger partial charge < -0.3 is 24.2 Å². The molecule has 2 amide bonds. The summed E-state index contributed by atoms with van der Waals surface area (Å²) in [5.41, 5.74) is 0.974. The Morgan fingerprint density at radius 3 is 2.47 bits per heavy atom. The number of allylic oxidation sites excluding steroid dienone is 1. The average molecular weight is 601 g/mol. The predicted octanol–water partition coefficient (Wildman–Crippen LogP) is 4.72. The van der Waals surface area contributed by atoms with E-state index in [9.17, 15) is 19.5 Å². The van der Waals surface area contributed by atoms with E-state index >= 15 is 0 Å². The molecule has 2 fully saturated rings. The van der Waals surface area contributed by atoms with E-state index in [2.05, 4.69) is 18.4 Å². The zero-order valence-electron chi connectivity index (χ0n) is 27.0. The van der Waals surface area contributed by atoms with E-state index in [0.29, 0.717) is 19.3 Å². The Balaban J connectivity index is 1.86. The van der Waals surface area contributed by atoms with Gasteiger partial charge in [-0.25, -0.2) is 9.69 Å². The van der Waals surface area contributed by atoms with E-state index in [-0.39, 0.29) is 48.9 Å². The van der Waals surface area contributed by atoms with Crippen LogP contribution in [0.3, 0.4) is 0 Å². The molecule has 2 aliphatic heterocycles.